The van der Waals surface area contributed by atoms with E-state index in [4.69, 9.17) is 21.1 Å². The monoisotopic (exact) mass is 397 g/mol. The number of methoxy groups -OCH3 is 2. The van der Waals surface area contributed by atoms with Gasteiger partial charge >= 0.3 is 0 Å². The van der Waals surface area contributed by atoms with Crippen molar-refractivity contribution in [1.82, 2.24) is 4.98 Å². The second kappa shape index (κ2) is 9.10. The van der Waals surface area contributed by atoms with Gasteiger partial charge in [0.05, 0.1) is 31.8 Å². The lowest BCUT2D eigenvalue weighted by atomic mass is 10.2. The highest BCUT2D eigenvalue weighted by Gasteiger charge is 2.11. The number of carbonyl (C=O) groups excluding carboxylic acids is 1. The van der Waals surface area contributed by atoms with E-state index >= 15 is 0 Å². The summed E-state index contributed by atoms with van der Waals surface area (Å²) in [6.45, 7) is 0.636. The number of anilines is 2. The quantitative estimate of drug-likeness (QED) is 0.608. The first-order valence-electron chi connectivity index (χ1n) is 8.57. The third kappa shape index (κ3) is 4.92. The molecule has 0 aliphatic carbocycles. The normalized spacial score (nSPS) is 10.2. The van der Waals surface area contributed by atoms with Gasteiger partial charge in [-0.1, -0.05) is 23.7 Å². The lowest BCUT2D eigenvalue weighted by Gasteiger charge is -2.11. The Morgan fingerprint density at radius 3 is 2.46 bits per heavy atom. The maximum absolute atomic E-state index is 12.4. The molecule has 0 unspecified atom stereocenters. The molecule has 0 aliphatic rings. The first-order valence-corrected chi connectivity index (χ1v) is 8.94. The first-order chi connectivity index (χ1) is 13.6. The van der Waals surface area contributed by atoms with Gasteiger partial charge in [0.15, 0.2) is 0 Å². The van der Waals surface area contributed by atoms with E-state index in [0.717, 1.165) is 17.0 Å². The zero-order chi connectivity index (χ0) is 19.9. The molecule has 0 atom stereocenters. The molecule has 1 heterocycles. The van der Waals surface area contributed by atoms with Crippen molar-refractivity contribution >= 4 is 28.9 Å². The molecule has 0 saturated carbocycles. The average Bonchev–Trinajstić information content (AvgIpc) is 2.73. The Labute approximate surface area is 168 Å². The first kappa shape index (κ1) is 19.5. The van der Waals surface area contributed by atoms with Crippen LogP contribution < -0.4 is 20.1 Å². The number of aromatic nitrogens is 1. The Bertz CT molecular complexity index is 944. The highest BCUT2D eigenvalue weighted by atomic mass is 35.5. The minimum absolute atomic E-state index is 0.289. The van der Waals surface area contributed by atoms with Crippen LogP contribution in [-0.2, 0) is 6.54 Å². The van der Waals surface area contributed by atoms with Crippen LogP contribution in [0.25, 0.3) is 0 Å². The van der Waals surface area contributed by atoms with Crippen LogP contribution in [0, 0.1) is 0 Å². The molecule has 28 heavy (non-hydrogen) atoms. The van der Waals surface area contributed by atoms with Gasteiger partial charge in [0.25, 0.3) is 5.91 Å². The lowest BCUT2D eigenvalue weighted by Crippen LogP contribution is -2.14. The van der Waals surface area contributed by atoms with Gasteiger partial charge in [-0.05, 0) is 48.0 Å². The summed E-state index contributed by atoms with van der Waals surface area (Å²) in [6, 6.07) is 16.3. The topological polar surface area (TPSA) is 72.5 Å². The Morgan fingerprint density at radius 2 is 1.82 bits per heavy atom. The summed E-state index contributed by atoms with van der Waals surface area (Å²) in [5.74, 6) is 0.995. The maximum Gasteiger partial charge on any atom is 0.274 e. The number of nitrogens with zero attached hydrogens (tertiary/aromatic N) is 1. The lowest BCUT2D eigenvalue weighted by molar-refractivity contribution is 0.102. The predicted molar refractivity (Wildman–Crippen MR) is 111 cm³/mol. The van der Waals surface area contributed by atoms with Crippen molar-refractivity contribution in [3.8, 4) is 11.5 Å². The summed E-state index contributed by atoms with van der Waals surface area (Å²) in [7, 11) is 3.17. The summed E-state index contributed by atoms with van der Waals surface area (Å²) in [5, 5.41) is 6.53. The van der Waals surface area contributed by atoms with E-state index in [0.29, 0.717) is 23.0 Å². The molecule has 3 aromatic rings. The second-order valence-electron chi connectivity index (χ2n) is 5.93. The van der Waals surface area contributed by atoms with Crippen LogP contribution in [0.15, 0.2) is 60.8 Å². The van der Waals surface area contributed by atoms with Crippen molar-refractivity contribution in [3.05, 3.63) is 77.1 Å². The molecular weight excluding hydrogens is 378 g/mol. The largest absolute Gasteiger partial charge is 0.497 e. The molecule has 0 fully saturated rings. The molecule has 0 saturated heterocycles. The molecule has 0 aliphatic heterocycles. The van der Waals surface area contributed by atoms with E-state index in [2.05, 4.69) is 15.6 Å². The van der Waals surface area contributed by atoms with E-state index in [1.807, 2.05) is 24.3 Å². The third-order valence-electron chi connectivity index (χ3n) is 4.06. The Kier molecular flexibility index (Phi) is 6.34. The van der Waals surface area contributed by atoms with Crippen LogP contribution in [0.2, 0.25) is 5.02 Å². The van der Waals surface area contributed by atoms with Crippen molar-refractivity contribution in [2.75, 3.05) is 24.9 Å². The fraction of sp³-hybridized carbons (Fsp3) is 0.143. The van der Waals surface area contributed by atoms with E-state index in [1.54, 1.807) is 43.6 Å². The summed E-state index contributed by atoms with van der Waals surface area (Å²) in [6.07, 6.45) is 1.62. The van der Waals surface area contributed by atoms with E-state index in [9.17, 15) is 4.79 Å². The van der Waals surface area contributed by atoms with Gasteiger partial charge in [-0.2, -0.15) is 0 Å². The zero-order valence-corrected chi connectivity index (χ0v) is 16.3. The highest BCUT2D eigenvalue weighted by molar-refractivity contribution is 6.31. The molecule has 2 N–H and O–H groups in total. The van der Waals surface area contributed by atoms with Gasteiger partial charge in [0.2, 0.25) is 0 Å². The van der Waals surface area contributed by atoms with Crippen LogP contribution in [0.1, 0.15) is 16.1 Å². The molecular formula is C21H20ClN3O3. The molecule has 2 aromatic carbocycles. The van der Waals surface area contributed by atoms with Crippen LogP contribution >= 0.6 is 11.6 Å². The second-order valence-corrected chi connectivity index (χ2v) is 6.37. The van der Waals surface area contributed by atoms with Crippen LogP contribution in [0.5, 0.6) is 11.5 Å². The van der Waals surface area contributed by atoms with Gasteiger partial charge in [0.1, 0.15) is 17.2 Å². The number of benzene rings is 2. The standard InChI is InChI=1S/C21H20ClN3O3/c1-27-17-7-3-14(4-8-17)12-23-16-6-9-18(24-13-16)21(26)25-19-11-15(22)5-10-20(19)28-2/h3-11,13,23H,12H2,1-2H3,(H,25,26). The number of rotatable bonds is 7. The number of hydrogen-bond acceptors (Lipinski definition) is 5. The molecule has 3 rings (SSSR count). The molecule has 1 amide bonds. The fourth-order valence-electron chi connectivity index (χ4n) is 2.54. The van der Waals surface area contributed by atoms with E-state index in [1.165, 1.54) is 7.11 Å². The number of nitrogens with one attached hydrogen (secondary N) is 2. The molecule has 0 spiro atoms. The summed E-state index contributed by atoms with van der Waals surface area (Å²) in [4.78, 5) is 16.7. The van der Waals surface area contributed by atoms with Crippen LogP contribution in [-0.4, -0.2) is 25.1 Å². The van der Waals surface area contributed by atoms with Crippen molar-refractivity contribution < 1.29 is 14.3 Å². The van der Waals surface area contributed by atoms with E-state index in [-0.39, 0.29) is 11.6 Å². The molecule has 0 radical (unpaired) electrons. The van der Waals surface area contributed by atoms with Gasteiger partial charge in [0, 0.05) is 11.6 Å². The number of pyridine rings is 1. The molecule has 6 nitrogen and oxygen atoms in total. The number of ether oxygens (including phenoxy) is 2. The van der Waals surface area contributed by atoms with Gasteiger partial charge in [-0.3, -0.25) is 4.79 Å². The van der Waals surface area contributed by atoms with Gasteiger partial charge in [-0.15, -0.1) is 0 Å². The van der Waals surface area contributed by atoms with Gasteiger partial charge in [-0.25, -0.2) is 4.98 Å². The molecule has 1 aromatic heterocycles. The van der Waals surface area contributed by atoms with Crippen molar-refractivity contribution in [2.24, 2.45) is 0 Å². The predicted octanol–water partition coefficient (Wildman–Crippen LogP) is 4.62. The Balaban J connectivity index is 1.61. The minimum atomic E-state index is -0.345. The summed E-state index contributed by atoms with van der Waals surface area (Å²) < 4.78 is 10.4. The number of halogens is 1. The fourth-order valence-corrected chi connectivity index (χ4v) is 2.72. The summed E-state index contributed by atoms with van der Waals surface area (Å²) in [5.41, 5.74) is 2.70. The van der Waals surface area contributed by atoms with Crippen molar-refractivity contribution in [1.29, 1.82) is 0 Å². The maximum atomic E-state index is 12.4. The van der Waals surface area contributed by atoms with Gasteiger partial charge < -0.3 is 20.1 Å². The molecule has 0 bridgehead atoms. The average molecular weight is 398 g/mol. The Hall–Kier alpha value is -3.25. The smallest absolute Gasteiger partial charge is 0.274 e. The molecule has 7 heteroatoms. The number of hydrogen-bond donors (Lipinski definition) is 2. The minimum Gasteiger partial charge on any atom is -0.497 e. The zero-order valence-electron chi connectivity index (χ0n) is 15.5. The Morgan fingerprint density at radius 1 is 1.04 bits per heavy atom. The summed E-state index contributed by atoms with van der Waals surface area (Å²) >= 11 is 5.99. The van der Waals surface area contributed by atoms with E-state index < -0.39 is 0 Å². The van der Waals surface area contributed by atoms with Crippen LogP contribution in [0.3, 0.4) is 0 Å². The highest BCUT2D eigenvalue weighted by Crippen LogP contribution is 2.28. The molecule has 144 valence electrons. The SMILES string of the molecule is COc1ccc(CNc2ccc(C(=O)Nc3cc(Cl)ccc3OC)nc2)cc1. The third-order valence-corrected chi connectivity index (χ3v) is 4.30. The van der Waals surface area contributed by atoms with Crippen molar-refractivity contribution in [2.45, 2.75) is 6.54 Å². The van der Waals surface area contributed by atoms with Crippen molar-refractivity contribution in [3.63, 3.8) is 0 Å². The number of amides is 1. The van der Waals surface area contributed by atoms with Crippen LogP contribution in [0.4, 0.5) is 11.4 Å². The number of carbonyl (C=O) groups is 1.